The molecule has 0 radical (unpaired) electrons. The summed E-state index contributed by atoms with van der Waals surface area (Å²) in [6, 6.07) is 5.87. The standard InChI is InChI=1S/C18H23N3O2S/c1-12-17(24-11-20-12)5-6-18(23)21-16(13-8-15(22)9-13)10-14-4-2-3-7-19-14/h2-4,7,11,13,15-16,22H,5-6,8-10H2,1H3,(H,21,23)/t13?,15?,16-/m0/s1. The Hall–Kier alpha value is -1.79. The van der Waals surface area contributed by atoms with Gasteiger partial charge in [0, 0.05) is 35.7 Å². The molecule has 24 heavy (non-hydrogen) atoms. The van der Waals surface area contributed by atoms with E-state index in [1.807, 2.05) is 30.6 Å². The number of thiazole rings is 1. The molecule has 0 spiro atoms. The summed E-state index contributed by atoms with van der Waals surface area (Å²) in [6.45, 7) is 1.98. The minimum atomic E-state index is -0.224. The van der Waals surface area contributed by atoms with Gasteiger partial charge in [0.1, 0.15) is 0 Å². The van der Waals surface area contributed by atoms with Crippen LogP contribution in [0.4, 0.5) is 0 Å². The molecular formula is C18H23N3O2S. The summed E-state index contributed by atoms with van der Waals surface area (Å²) in [5, 5.41) is 12.8. The fourth-order valence-electron chi connectivity index (χ4n) is 3.11. The van der Waals surface area contributed by atoms with Gasteiger partial charge >= 0.3 is 0 Å². The number of aryl methyl sites for hydroxylation is 2. The number of aliphatic hydroxyl groups is 1. The number of hydrogen-bond donors (Lipinski definition) is 2. The molecule has 0 aromatic carbocycles. The molecule has 2 aromatic rings. The fourth-order valence-corrected chi connectivity index (χ4v) is 3.89. The van der Waals surface area contributed by atoms with Gasteiger partial charge < -0.3 is 10.4 Å². The van der Waals surface area contributed by atoms with Gasteiger partial charge in [0.05, 0.1) is 17.3 Å². The van der Waals surface area contributed by atoms with E-state index in [4.69, 9.17) is 0 Å². The van der Waals surface area contributed by atoms with Crippen LogP contribution in [0.5, 0.6) is 0 Å². The molecular weight excluding hydrogens is 322 g/mol. The van der Waals surface area contributed by atoms with Gasteiger partial charge in [-0.1, -0.05) is 6.07 Å². The van der Waals surface area contributed by atoms with E-state index >= 15 is 0 Å². The van der Waals surface area contributed by atoms with Crippen molar-refractivity contribution in [2.75, 3.05) is 0 Å². The molecule has 1 amide bonds. The monoisotopic (exact) mass is 345 g/mol. The van der Waals surface area contributed by atoms with E-state index in [-0.39, 0.29) is 18.1 Å². The lowest BCUT2D eigenvalue weighted by Crippen LogP contribution is -2.48. The first kappa shape index (κ1) is 17.0. The van der Waals surface area contributed by atoms with Crippen molar-refractivity contribution >= 4 is 17.2 Å². The van der Waals surface area contributed by atoms with Gasteiger partial charge in [0.2, 0.25) is 5.91 Å². The molecule has 0 saturated heterocycles. The van der Waals surface area contributed by atoms with Crippen LogP contribution in [-0.2, 0) is 17.6 Å². The largest absolute Gasteiger partial charge is 0.393 e. The molecule has 1 atom stereocenters. The predicted molar refractivity (Wildman–Crippen MR) is 93.8 cm³/mol. The first-order chi connectivity index (χ1) is 11.6. The predicted octanol–water partition coefficient (Wildman–Crippen LogP) is 2.28. The highest BCUT2D eigenvalue weighted by atomic mass is 32.1. The molecule has 128 valence electrons. The number of hydrogen-bond acceptors (Lipinski definition) is 5. The van der Waals surface area contributed by atoms with Gasteiger partial charge in [0.15, 0.2) is 0 Å². The summed E-state index contributed by atoms with van der Waals surface area (Å²) < 4.78 is 0. The maximum absolute atomic E-state index is 12.4. The van der Waals surface area contributed by atoms with E-state index < -0.39 is 0 Å². The lowest BCUT2D eigenvalue weighted by Gasteiger charge is -2.38. The van der Waals surface area contributed by atoms with Gasteiger partial charge in [0.25, 0.3) is 0 Å². The Labute approximate surface area is 146 Å². The minimum Gasteiger partial charge on any atom is -0.393 e. The summed E-state index contributed by atoms with van der Waals surface area (Å²) in [4.78, 5) is 22.1. The highest BCUT2D eigenvalue weighted by molar-refractivity contribution is 7.09. The molecule has 0 aliphatic heterocycles. The van der Waals surface area contributed by atoms with Crippen LogP contribution < -0.4 is 5.32 Å². The first-order valence-corrected chi connectivity index (χ1v) is 9.26. The Morgan fingerprint density at radius 2 is 2.25 bits per heavy atom. The van der Waals surface area contributed by atoms with Crippen molar-refractivity contribution < 1.29 is 9.90 Å². The molecule has 5 nitrogen and oxygen atoms in total. The van der Waals surface area contributed by atoms with Crippen molar-refractivity contribution in [2.45, 2.75) is 51.2 Å². The fraction of sp³-hybridized carbons (Fsp3) is 0.500. The van der Waals surface area contributed by atoms with E-state index in [1.54, 1.807) is 17.5 Å². The molecule has 1 saturated carbocycles. The highest BCUT2D eigenvalue weighted by Gasteiger charge is 2.34. The molecule has 0 bridgehead atoms. The maximum atomic E-state index is 12.4. The average Bonchev–Trinajstić information content (AvgIpc) is 2.95. The zero-order valence-corrected chi connectivity index (χ0v) is 14.6. The van der Waals surface area contributed by atoms with E-state index in [0.29, 0.717) is 18.8 Å². The van der Waals surface area contributed by atoms with Gasteiger partial charge in [-0.15, -0.1) is 11.3 Å². The van der Waals surface area contributed by atoms with Crippen molar-refractivity contribution in [3.63, 3.8) is 0 Å². The summed E-state index contributed by atoms with van der Waals surface area (Å²) in [6.07, 6.45) is 4.97. The zero-order valence-electron chi connectivity index (χ0n) is 13.8. The van der Waals surface area contributed by atoms with Crippen LogP contribution in [0.3, 0.4) is 0 Å². The number of carbonyl (C=O) groups is 1. The number of nitrogens with zero attached hydrogens (tertiary/aromatic N) is 2. The van der Waals surface area contributed by atoms with Crippen LogP contribution in [0.2, 0.25) is 0 Å². The van der Waals surface area contributed by atoms with E-state index in [1.165, 1.54) is 4.88 Å². The van der Waals surface area contributed by atoms with Gasteiger partial charge in [-0.25, -0.2) is 4.98 Å². The second kappa shape index (κ2) is 7.85. The molecule has 1 aliphatic rings. The zero-order chi connectivity index (χ0) is 16.9. The molecule has 6 heteroatoms. The SMILES string of the molecule is Cc1ncsc1CCC(=O)N[C@@H](Cc1ccccn1)C1CC(O)C1. The molecule has 2 heterocycles. The third-order valence-corrected chi connectivity index (χ3v) is 5.64. The molecule has 1 fully saturated rings. The van der Waals surface area contributed by atoms with Crippen molar-refractivity contribution in [3.8, 4) is 0 Å². The van der Waals surface area contributed by atoms with E-state index in [2.05, 4.69) is 15.3 Å². The highest BCUT2D eigenvalue weighted by Crippen LogP contribution is 2.31. The summed E-state index contributed by atoms with van der Waals surface area (Å²) in [7, 11) is 0. The number of pyridine rings is 1. The minimum absolute atomic E-state index is 0.0401. The normalized spacial score (nSPS) is 21.1. The number of aliphatic hydroxyl groups excluding tert-OH is 1. The summed E-state index contributed by atoms with van der Waals surface area (Å²) in [5.41, 5.74) is 3.81. The second-order valence-corrected chi connectivity index (χ2v) is 7.38. The van der Waals surface area contributed by atoms with Crippen LogP contribution in [0.15, 0.2) is 29.9 Å². The molecule has 2 N–H and O–H groups in total. The first-order valence-electron chi connectivity index (χ1n) is 8.38. The molecule has 1 aliphatic carbocycles. The number of carbonyl (C=O) groups excluding carboxylic acids is 1. The van der Waals surface area contributed by atoms with Crippen molar-refractivity contribution in [1.29, 1.82) is 0 Å². The van der Waals surface area contributed by atoms with Crippen molar-refractivity contribution in [2.24, 2.45) is 5.92 Å². The number of aromatic nitrogens is 2. The quantitative estimate of drug-likeness (QED) is 0.807. The van der Waals surface area contributed by atoms with Crippen molar-refractivity contribution in [3.05, 3.63) is 46.2 Å². The number of nitrogens with one attached hydrogen (secondary N) is 1. The third-order valence-electron chi connectivity index (χ3n) is 4.64. The van der Waals surface area contributed by atoms with Gasteiger partial charge in [-0.05, 0) is 44.2 Å². The topological polar surface area (TPSA) is 75.1 Å². The average molecular weight is 345 g/mol. The summed E-state index contributed by atoms with van der Waals surface area (Å²) in [5.74, 6) is 0.390. The van der Waals surface area contributed by atoms with Crippen LogP contribution in [0.1, 0.15) is 35.5 Å². The maximum Gasteiger partial charge on any atom is 0.220 e. The summed E-state index contributed by atoms with van der Waals surface area (Å²) >= 11 is 1.60. The Balaban J connectivity index is 1.56. The lowest BCUT2D eigenvalue weighted by molar-refractivity contribution is -0.122. The molecule has 3 rings (SSSR count). The second-order valence-electron chi connectivity index (χ2n) is 6.45. The van der Waals surface area contributed by atoms with E-state index in [9.17, 15) is 9.90 Å². The van der Waals surface area contributed by atoms with Gasteiger partial charge in [-0.3, -0.25) is 9.78 Å². The van der Waals surface area contributed by atoms with Crippen LogP contribution in [0.25, 0.3) is 0 Å². The van der Waals surface area contributed by atoms with E-state index in [0.717, 1.165) is 30.7 Å². The third kappa shape index (κ3) is 4.39. The molecule has 0 unspecified atom stereocenters. The smallest absolute Gasteiger partial charge is 0.220 e. The van der Waals surface area contributed by atoms with Crippen LogP contribution in [0, 0.1) is 12.8 Å². The van der Waals surface area contributed by atoms with Crippen molar-refractivity contribution in [1.82, 2.24) is 15.3 Å². The Morgan fingerprint density at radius 1 is 1.42 bits per heavy atom. The molecule has 2 aromatic heterocycles. The number of rotatable bonds is 7. The lowest BCUT2D eigenvalue weighted by atomic mass is 9.76. The van der Waals surface area contributed by atoms with Gasteiger partial charge in [-0.2, -0.15) is 0 Å². The van der Waals surface area contributed by atoms with Crippen LogP contribution in [-0.4, -0.2) is 33.1 Å². The number of amides is 1. The Morgan fingerprint density at radius 3 is 2.88 bits per heavy atom. The van der Waals surface area contributed by atoms with Crippen LogP contribution >= 0.6 is 11.3 Å². The Bertz CT molecular complexity index is 668. The Kier molecular flexibility index (Phi) is 5.58.